The first-order valence-electron chi connectivity index (χ1n) is 6.64. The zero-order valence-electron chi connectivity index (χ0n) is 11.4. The normalized spacial score (nSPS) is 10.6. The van der Waals surface area contributed by atoms with Gasteiger partial charge < -0.3 is 10.6 Å². The molecule has 2 rings (SSSR count). The Morgan fingerprint density at radius 1 is 1.20 bits per heavy atom. The minimum atomic E-state index is -0.270. The number of benzene rings is 2. The monoisotopic (exact) mass is 292 g/mol. The Balaban J connectivity index is 2.27. The Hall–Kier alpha value is -1.74. The summed E-state index contributed by atoms with van der Waals surface area (Å²) in [6.45, 7) is 3.52. The van der Waals surface area contributed by atoms with Crippen molar-refractivity contribution in [3.05, 3.63) is 58.9 Å². The van der Waals surface area contributed by atoms with Crippen molar-refractivity contribution in [1.82, 2.24) is 0 Å². The molecule has 106 valence electrons. The van der Waals surface area contributed by atoms with Crippen LogP contribution in [0.5, 0.6) is 0 Å². The van der Waals surface area contributed by atoms with E-state index in [9.17, 15) is 4.39 Å². The van der Waals surface area contributed by atoms with E-state index in [-0.39, 0.29) is 5.82 Å². The minimum absolute atomic E-state index is 0.270. The van der Waals surface area contributed by atoms with E-state index in [0.29, 0.717) is 17.3 Å². The molecule has 2 nitrogen and oxygen atoms in total. The summed E-state index contributed by atoms with van der Waals surface area (Å²) in [6.07, 6.45) is 0.988. The number of anilines is 2. The van der Waals surface area contributed by atoms with Crippen molar-refractivity contribution in [2.75, 3.05) is 17.2 Å². The summed E-state index contributed by atoms with van der Waals surface area (Å²) in [7, 11) is 0. The van der Waals surface area contributed by atoms with Crippen LogP contribution in [0.25, 0.3) is 0 Å². The molecule has 0 aliphatic rings. The number of nitrogens with zero attached hydrogens (tertiary/aromatic N) is 1. The Morgan fingerprint density at radius 2 is 2.00 bits per heavy atom. The van der Waals surface area contributed by atoms with Crippen LogP contribution in [0.15, 0.2) is 42.5 Å². The highest BCUT2D eigenvalue weighted by atomic mass is 35.5. The van der Waals surface area contributed by atoms with Crippen molar-refractivity contribution in [2.24, 2.45) is 0 Å². The second-order valence-corrected chi connectivity index (χ2v) is 5.16. The first kappa shape index (κ1) is 14.7. The lowest BCUT2D eigenvalue weighted by molar-refractivity contribution is 0.624. The van der Waals surface area contributed by atoms with Gasteiger partial charge in [-0.15, -0.1) is 0 Å². The number of rotatable bonds is 5. The van der Waals surface area contributed by atoms with E-state index in [0.717, 1.165) is 24.2 Å². The summed E-state index contributed by atoms with van der Waals surface area (Å²) < 4.78 is 13.4. The van der Waals surface area contributed by atoms with Crippen LogP contribution in [0.1, 0.15) is 18.9 Å². The third kappa shape index (κ3) is 3.64. The summed E-state index contributed by atoms with van der Waals surface area (Å²) in [5, 5.41) is 0.580. The number of nitrogens with two attached hydrogens (primary N) is 1. The molecule has 0 aromatic heterocycles. The lowest BCUT2D eigenvalue weighted by atomic mass is 10.1. The predicted molar refractivity (Wildman–Crippen MR) is 83.6 cm³/mol. The molecule has 0 unspecified atom stereocenters. The smallest absolute Gasteiger partial charge is 0.123 e. The van der Waals surface area contributed by atoms with Crippen LogP contribution in [0, 0.1) is 5.82 Å². The van der Waals surface area contributed by atoms with Crippen LogP contribution in [0.4, 0.5) is 15.8 Å². The molecule has 0 atom stereocenters. The maximum absolute atomic E-state index is 13.4. The second kappa shape index (κ2) is 6.62. The van der Waals surface area contributed by atoms with Crippen molar-refractivity contribution in [1.29, 1.82) is 0 Å². The largest absolute Gasteiger partial charge is 0.399 e. The summed E-state index contributed by atoms with van der Waals surface area (Å²) in [5.74, 6) is -0.270. The molecule has 0 spiro atoms. The van der Waals surface area contributed by atoms with Crippen LogP contribution in [0.2, 0.25) is 5.02 Å². The van der Waals surface area contributed by atoms with Gasteiger partial charge in [0, 0.05) is 29.5 Å². The lowest BCUT2D eigenvalue weighted by Gasteiger charge is -2.25. The average molecular weight is 293 g/mol. The number of hydrogen-bond donors (Lipinski definition) is 1. The van der Waals surface area contributed by atoms with E-state index < -0.39 is 0 Å². The topological polar surface area (TPSA) is 29.3 Å². The summed E-state index contributed by atoms with van der Waals surface area (Å²) >= 11 is 6.14. The SMILES string of the molecule is CCCN(Cc1cc(F)ccc1Cl)c1cccc(N)c1. The highest BCUT2D eigenvalue weighted by Gasteiger charge is 2.10. The first-order chi connectivity index (χ1) is 9.60. The molecule has 0 radical (unpaired) electrons. The fourth-order valence-electron chi connectivity index (χ4n) is 2.16. The molecule has 0 saturated heterocycles. The molecule has 0 aliphatic heterocycles. The van der Waals surface area contributed by atoms with E-state index in [4.69, 9.17) is 17.3 Å². The Labute approximate surface area is 124 Å². The van der Waals surface area contributed by atoms with E-state index in [2.05, 4.69) is 11.8 Å². The third-order valence-electron chi connectivity index (χ3n) is 3.10. The van der Waals surface area contributed by atoms with Crippen molar-refractivity contribution in [2.45, 2.75) is 19.9 Å². The van der Waals surface area contributed by atoms with Crippen LogP contribution in [-0.4, -0.2) is 6.54 Å². The van der Waals surface area contributed by atoms with Gasteiger partial charge in [-0.25, -0.2) is 4.39 Å². The Kier molecular flexibility index (Phi) is 4.85. The number of halogens is 2. The first-order valence-corrected chi connectivity index (χ1v) is 7.02. The van der Waals surface area contributed by atoms with Gasteiger partial charge in [0.2, 0.25) is 0 Å². The van der Waals surface area contributed by atoms with Gasteiger partial charge >= 0.3 is 0 Å². The molecule has 0 bridgehead atoms. The molecule has 2 aromatic rings. The summed E-state index contributed by atoms with van der Waals surface area (Å²) in [4.78, 5) is 2.15. The number of hydrogen-bond acceptors (Lipinski definition) is 2. The molecule has 0 saturated carbocycles. The second-order valence-electron chi connectivity index (χ2n) is 4.75. The maximum Gasteiger partial charge on any atom is 0.123 e. The lowest BCUT2D eigenvalue weighted by Crippen LogP contribution is -2.23. The molecule has 0 heterocycles. The van der Waals surface area contributed by atoms with E-state index in [1.54, 1.807) is 6.07 Å². The van der Waals surface area contributed by atoms with Gasteiger partial charge in [0.15, 0.2) is 0 Å². The van der Waals surface area contributed by atoms with Gasteiger partial charge in [-0.05, 0) is 48.4 Å². The van der Waals surface area contributed by atoms with Crippen molar-refractivity contribution in [3.63, 3.8) is 0 Å². The molecule has 0 aliphatic carbocycles. The van der Waals surface area contributed by atoms with Crippen molar-refractivity contribution < 1.29 is 4.39 Å². The zero-order chi connectivity index (χ0) is 14.5. The van der Waals surface area contributed by atoms with Gasteiger partial charge in [0.1, 0.15) is 5.82 Å². The van der Waals surface area contributed by atoms with Gasteiger partial charge in [-0.2, -0.15) is 0 Å². The third-order valence-corrected chi connectivity index (χ3v) is 3.47. The molecule has 2 aromatic carbocycles. The highest BCUT2D eigenvalue weighted by molar-refractivity contribution is 6.31. The summed E-state index contributed by atoms with van der Waals surface area (Å²) in [5.41, 5.74) is 8.34. The minimum Gasteiger partial charge on any atom is -0.399 e. The van der Waals surface area contributed by atoms with Gasteiger partial charge in [0.25, 0.3) is 0 Å². The van der Waals surface area contributed by atoms with Gasteiger partial charge in [-0.3, -0.25) is 0 Å². The molecule has 20 heavy (non-hydrogen) atoms. The van der Waals surface area contributed by atoms with Crippen molar-refractivity contribution >= 4 is 23.0 Å². The van der Waals surface area contributed by atoms with Gasteiger partial charge in [-0.1, -0.05) is 24.6 Å². The van der Waals surface area contributed by atoms with E-state index in [1.165, 1.54) is 12.1 Å². The highest BCUT2D eigenvalue weighted by Crippen LogP contribution is 2.24. The molecule has 4 heteroatoms. The quantitative estimate of drug-likeness (QED) is 0.823. The van der Waals surface area contributed by atoms with Crippen LogP contribution in [0.3, 0.4) is 0 Å². The van der Waals surface area contributed by atoms with Gasteiger partial charge in [0.05, 0.1) is 0 Å². The number of nitrogen functional groups attached to an aromatic ring is 1. The zero-order valence-corrected chi connectivity index (χ0v) is 12.2. The summed E-state index contributed by atoms with van der Waals surface area (Å²) in [6, 6.07) is 12.1. The van der Waals surface area contributed by atoms with Crippen LogP contribution < -0.4 is 10.6 Å². The van der Waals surface area contributed by atoms with E-state index >= 15 is 0 Å². The molecule has 0 fully saturated rings. The standard InChI is InChI=1S/C16H18ClFN2/c1-2-8-20(15-5-3-4-14(19)10-15)11-12-9-13(18)6-7-16(12)17/h3-7,9-10H,2,8,11,19H2,1H3. The molecular weight excluding hydrogens is 275 g/mol. The predicted octanol–water partition coefficient (Wildman–Crippen LogP) is 4.48. The Bertz CT molecular complexity index is 586. The Morgan fingerprint density at radius 3 is 2.70 bits per heavy atom. The van der Waals surface area contributed by atoms with Crippen LogP contribution in [-0.2, 0) is 6.54 Å². The maximum atomic E-state index is 13.4. The fraction of sp³-hybridized carbons (Fsp3) is 0.250. The molecule has 2 N–H and O–H groups in total. The van der Waals surface area contributed by atoms with Crippen LogP contribution >= 0.6 is 11.6 Å². The fourth-order valence-corrected chi connectivity index (χ4v) is 2.34. The average Bonchev–Trinajstić information content (AvgIpc) is 2.42. The van der Waals surface area contributed by atoms with Crippen molar-refractivity contribution in [3.8, 4) is 0 Å². The van der Waals surface area contributed by atoms with E-state index in [1.807, 2.05) is 24.3 Å². The molecule has 0 amide bonds. The molecular formula is C16H18ClFN2.